The molecule has 3 aromatic rings. The largest absolute Gasteiger partial charge is 0.490 e. The van der Waals surface area contributed by atoms with E-state index in [4.69, 9.17) is 9.47 Å². The van der Waals surface area contributed by atoms with Crippen LogP contribution in [0.5, 0.6) is 11.5 Å². The molecule has 3 rings (SSSR count). The SMILES string of the molecule is CCOc1ccc(C(=O)Nc2c(C)nn(Cc3c(F)c(F)c(F)c(F)c3F)c2C)cc1OCC. The highest BCUT2D eigenvalue weighted by Gasteiger charge is 2.27. The van der Waals surface area contributed by atoms with Crippen molar-refractivity contribution in [1.29, 1.82) is 0 Å². The van der Waals surface area contributed by atoms with Gasteiger partial charge >= 0.3 is 0 Å². The lowest BCUT2D eigenvalue weighted by Crippen LogP contribution is -2.15. The zero-order valence-corrected chi connectivity index (χ0v) is 18.9. The Balaban J connectivity index is 1.90. The molecule has 0 aliphatic rings. The van der Waals surface area contributed by atoms with Crippen LogP contribution in [0.4, 0.5) is 27.6 Å². The van der Waals surface area contributed by atoms with E-state index in [0.29, 0.717) is 24.7 Å². The first kappa shape index (κ1) is 25.0. The second-order valence-corrected chi connectivity index (χ2v) is 7.23. The minimum absolute atomic E-state index is 0.237. The van der Waals surface area contributed by atoms with Gasteiger partial charge in [0.1, 0.15) is 0 Å². The number of carbonyl (C=O) groups is 1. The first-order valence-electron chi connectivity index (χ1n) is 10.4. The molecular weight excluding hydrogens is 461 g/mol. The van der Waals surface area contributed by atoms with Gasteiger partial charge in [0.05, 0.1) is 42.4 Å². The number of hydrogen-bond acceptors (Lipinski definition) is 4. The minimum atomic E-state index is -2.23. The predicted octanol–water partition coefficient (Wildman–Crippen LogP) is 5.29. The van der Waals surface area contributed by atoms with Crippen LogP contribution in [-0.2, 0) is 6.54 Å². The van der Waals surface area contributed by atoms with Gasteiger partial charge in [-0.1, -0.05) is 0 Å². The second kappa shape index (κ2) is 10.1. The molecule has 1 amide bonds. The van der Waals surface area contributed by atoms with Gasteiger partial charge in [-0.15, -0.1) is 0 Å². The fourth-order valence-electron chi connectivity index (χ4n) is 3.35. The number of anilines is 1. The molecule has 1 N–H and O–H groups in total. The van der Waals surface area contributed by atoms with Crippen LogP contribution in [-0.4, -0.2) is 28.9 Å². The molecule has 1 aromatic heterocycles. The maximum atomic E-state index is 14.1. The third kappa shape index (κ3) is 4.68. The lowest BCUT2D eigenvalue weighted by Gasteiger charge is -2.13. The Morgan fingerprint density at radius 3 is 2.06 bits per heavy atom. The smallest absolute Gasteiger partial charge is 0.255 e. The van der Waals surface area contributed by atoms with Crippen LogP contribution in [0.2, 0.25) is 0 Å². The summed E-state index contributed by atoms with van der Waals surface area (Å²) in [6.07, 6.45) is 0. The molecule has 182 valence electrons. The number of benzene rings is 2. The van der Waals surface area contributed by atoms with Crippen LogP contribution in [0.1, 0.15) is 41.2 Å². The van der Waals surface area contributed by atoms with Crippen molar-refractivity contribution in [2.75, 3.05) is 18.5 Å². The van der Waals surface area contributed by atoms with Gasteiger partial charge in [-0.25, -0.2) is 22.0 Å². The van der Waals surface area contributed by atoms with Crippen molar-refractivity contribution in [3.63, 3.8) is 0 Å². The van der Waals surface area contributed by atoms with Crippen molar-refractivity contribution in [3.05, 3.63) is 69.8 Å². The Labute approximate surface area is 192 Å². The quantitative estimate of drug-likeness (QED) is 0.269. The molecule has 34 heavy (non-hydrogen) atoms. The summed E-state index contributed by atoms with van der Waals surface area (Å²) in [5, 5.41) is 6.76. The highest BCUT2D eigenvalue weighted by Crippen LogP contribution is 2.30. The van der Waals surface area contributed by atoms with Crippen LogP contribution in [0.15, 0.2) is 18.2 Å². The molecule has 0 spiro atoms. The molecule has 0 radical (unpaired) electrons. The van der Waals surface area contributed by atoms with Crippen molar-refractivity contribution in [2.45, 2.75) is 34.2 Å². The normalized spacial score (nSPS) is 11.0. The zero-order valence-electron chi connectivity index (χ0n) is 18.9. The van der Waals surface area contributed by atoms with Gasteiger partial charge in [0.15, 0.2) is 34.8 Å². The van der Waals surface area contributed by atoms with Crippen molar-refractivity contribution in [3.8, 4) is 11.5 Å². The van der Waals surface area contributed by atoms with E-state index in [2.05, 4.69) is 10.4 Å². The van der Waals surface area contributed by atoms with Crippen LogP contribution >= 0.6 is 0 Å². The van der Waals surface area contributed by atoms with Crippen molar-refractivity contribution < 1.29 is 36.2 Å². The topological polar surface area (TPSA) is 65.4 Å². The summed E-state index contributed by atoms with van der Waals surface area (Å²) >= 11 is 0. The second-order valence-electron chi connectivity index (χ2n) is 7.23. The van der Waals surface area contributed by atoms with E-state index in [9.17, 15) is 26.7 Å². The fourth-order valence-corrected chi connectivity index (χ4v) is 3.35. The number of nitrogens with one attached hydrogen (secondary N) is 1. The number of nitrogens with zero attached hydrogens (tertiary/aromatic N) is 2. The first-order chi connectivity index (χ1) is 16.1. The molecule has 0 fully saturated rings. The molecule has 0 unspecified atom stereocenters. The van der Waals surface area contributed by atoms with E-state index in [1.54, 1.807) is 13.0 Å². The molecule has 0 aliphatic carbocycles. The number of ether oxygens (including phenoxy) is 2. The Kier molecular flexibility index (Phi) is 7.43. The predicted molar refractivity (Wildman–Crippen MR) is 114 cm³/mol. The molecule has 1 heterocycles. The van der Waals surface area contributed by atoms with Crippen LogP contribution in [0.3, 0.4) is 0 Å². The van der Waals surface area contributed by atoms with E-state index < -0.39 is 47.1 Å². The molecule has 11 heteroatoms. The molecule has 0 saturated carbocycles. The Morgan fingerprint density at radius 2 is 1.47 bits per heavy atom. The van der Waals surface area contributed by atoms with Gasteiger partial charge in [0.25, 0.3) is 5.91 Å². The van der Waals surface area contributed by atoms with Gasteiger partial charge in [-0.3, -0.25) is 9.48 Å². The van der Waals surface area contributed by atoms with Crippen molar-refractivity contribution in [1.82, 2.24) is 9.78 Å². The van der Waals surface area contributed by atoms with Gasteiger partial charge in [0.2, 0.25) is 5.82 Å². The van der Waals surface area contributed by atoms with Crippen molar-refractivity contribution >= 4 is 11.6 Å². The molecule has 6 nitrogen and oxygen atoms in total. The maximum Gasteiger partial charge on any atom is 0.255 e. The zero-order chi connectivity index (χ0) is 25.2. The number of halogens is 5. The standard InChI is InChI=1S/C23H22F5N3O3/c1-5-33-15-8-7-13(9-16(15)34-6-2)23(32)29-22-11(3)30-31(12(22)4)10-14-17(24)19(26)21(28)20(27)18(14)25/h7-9H,5-6,10H2,1-4H3,(H,29,32). The Hall–Kier alpha value is -3.63. The van der Waals surface area contributed by atoms with Crippen LogP contribution in [0.25, 0.3) is 0 Å². The summed E-state index contributed by atoms with van der Waals surface area (Å²) in [6, 6.07) is 4.64. The highest BCUT2D eigenvalue weighted by atomic mass is 19.2. The van der Waals surface area contributed by atoms with Gasteiger partial charge in [0, 0.05) is 5.56 Å². The minimum Gasteiger partial charge on any atom is -0.490 e. The molecule has 2 aromatic carbocycles. The molecule has 0 bridgehead atoms. The maximum absolute atomic E-state index is 14.1. The lowest BCUT2D eigenvalue weighted by molar-refractivity contribution is 0.102. The summed E-state index contributed by atoms with van der Waals surface area (Å²) < 4.78 is 80.6. The third-order valence-corrected chi connectivity index (χ3v) is 5.03. The van der Waals surface area contributed by atoms with Gasteiger partial charge in [-0.05, 0) is 45.9 Å². The number of rotatable bonds is 8. The summed E-state index contributed by atoms with van der Waals surface area (Å²) in [5.41, 5.74) is -0.0110. The van der Waals surface area contributed by atoms with Crippen molar-refractivity contribution in [2.24, 2.45) is 0 Å². The molecular formula is C23H22F5N3O3. The fraction of sp³-hybridized carbons (Fsp3) is 0.304. The Bertz CT molecular complexity index is 1210. The van der Waals surface area contributed by atoms with E-state index in [1.807, 2.05) is 6.92 Å². The van der Waals surface area contributed by atoms with E-state index in [1.165, 1.54) is 26.0 Å². The summed E-state index contributed by atoms with van der Waals surface area (Å²) in [7, 11) is 0. The van der Waals surface area contributed by atoms with E-state index >= 15 is 0 Å². The first-order valence-corrected chi connectivity index (χ1v) is 10.4. The monoisotopic (exact) mass is 483 g/mol. The van der Waals surface area contributed by atoms with E-state index in [-0.39, 0.29) is 22.6 Å². The molecule has 0 aliphatic heterocycles. The highest BCUT2D eigenvalue weighted by molar-refractivity contribution is 6.05. The van der Waals surface area contributed by atoms with Gasteiger partial charge < -0.3 is 14.8 Å². The third-order valence-electron chi connectivity index (χ3n) is 5.03. The summed E-state index contributed by atoms with van der Waals surface area (Å²) in [6.45, 7) is 6.65. The average molecular weight is 483 g/mol. The summed E-state index contributed by atoms with van der Waals surface area (Å²) in [4.78, 5) is 12.8. The van der Waals surface area contributed by atoms with E-state index in [0.717, 1.165) is 4.68 Å². The number of amides is 1. The average Bonchev–Trinajstić information content (AvgIpc) is 3.07. The number of aryl methyl sites for hydroxylation is 1. The molecule has 0 atom stereocenters. The van der Waals surface area contributed by atoms with Crippen LogP contribution in [0, 0.1) is 42.9 Å². The lowest BCUT2D eigenvalue weighted by atomic mass is 10.1. The number of aromatic nitrogens is 2. The van der Waals surface area contributed by atoms with Crippen LogP contribution < -0.4 is 14.8 Å². The van der Waals surface area contributed by atoms with Gasteiger partial charge in [-0.2, -0.15) is 5.10 Å². The molecule has 0 saturated heterocycles. The number of carbonyl (C=O) groups excluding carboxylic acids is 1. The Morgan fingerprint density at radius 1 is 0.912 bits per heavy atom. The number of hydrogen-bond donors (Lipinski definition) is 1. The summed E-state index contributed by atoms with van der Waals surface area (Å²) in [5.74, 6) is -9.85.